The number of para-hydroxylation sites is 1. The number of aromatic nitrogens is 1. The minimum absolute atomic E-state index is 0.00495. The Kier molecular flexibility index (Phi) is 5.99. The van der Waals surface area contributed by atoms with E-state index in [1.165, 1.54) is 11.1 Å². The van der Waals surface area contributed by atoms with Crippen LogP contribution < -0.4 is 10.2 Å². The maximum atomic E-state index is 12.9. The molecule has 1 aliphatic rings. The molecule has 2 amide bonds. The highest BCUT2D eigenvalue weighted by Gasteiger charge is 2.23. The predicted octanol–water partition coefficient (Wildman–Crippen LogP) is 4.43. The van der Waals surface area contributed by atoms with E-state index in [0.717, 1.165) is 36.7 Å². The number of piperazine rings is 1. The van der Waals surface area contributed by atoms with Crippen LogP contribution in [-0.4, -0.2) is 42.1 Å². The third-order valence-electron chi connectivity index (χ3n) is 5.18. The molecule has 0 unspecified atom stereocenters. The molecule has 1 N–H and O–H groups in total. The first-order valence-corrected chi connectivity index (χ1v) is 9.86. The van der Waals surface area contributed by atoms with Crippen molar-refractivity contribution in [3.05, 3.63) is 53.2 Å². The van der Waals surface area contributed by atoms with Crippen molar-refractivity contribution in [2.24, 2.45) is 0 Å². The maximum Gasteiger partial charge on any atom is 0.321 e. The number of hydrogen-bond donors (Lipinski definition) is 1. The van der Waals surface area contributed by atoms with Gasteiger partial charge in [-0.05, 0) is 42.5 Å². The van der Waals surface area contributed by atoms with Crippen LogP contribution in [0.3, 0.4) is 0 Å². The van der Waals surface area contributed by atoms with Crippen LogP contribution in [0.4, 0.5) is 16.3 Å². The van der Waals surface area contributed by atoms with Crippen molar-refractivity contribution in [3.63, 3.8) is 0 Å². The van der Waals surface area contributed by atoms with E-state index in [-0.39, 0.29) is 6.03 Å². The summed E-state index contributed by atoms with van der Waals surface area (Å²) in [6.45, 7) is 11.5. The van der Waals surface area contributed by atoms with Gasteiger partial charge in [-0.25, -0.2) is 9.78 Å². The topological polar surface area (TPSA) is 48.5 Å². The Balaban J connectivity index is 1.67. The molecule has 5 nitrogen and oxygen atoms in total. The van der Waals surface area contributed by atoms with Gasteiger partial charge in [0.15, 0.2) is 0 Å². The largest absolute Gasteiger partial charge is 0.353 e. The summed E-state index contributed by atoms with van der Waals surface area (Å²) >= 11 is 0. The lowest BCUT2D eigenvalue weighted by Crippen LogP contribution is -2.50. The van der Waals surface area contributed by atoms with Crippen LogP contribution in [0.15, 0.2) is 36.4 Å². The molecule has 0 spiro atoms. The van der Waals surface area contributed by atoms with Crippen molar-refractivity contribution in [2.75, 3.05) is 36.4 Å². The van der Waals surface area contributed by atoms with Crippen LogP contribution >= 0.6 is 0 Å². The maximum absolute atomic E-state index is 12.9. The van der Waals surface area contributed by atoms with Gasteiger partial charge < -0.3 is 15.1 Å². The normalized spacial score (nSPS) is 14.6. The van der Waals surface area contributed by atoms with E-state index in [0.29, 0.717) is 19.0 Å². The number of aryl methyl sites for hydroxylation is 2. The fourth-order valence-corrected chi connectivity index (χ4v) is 3.58. The van der Waals surface area contributed by atoms with Crippen LogP contribution in [0.25, 0.3) is 0 Å². The molecule has 3 rings (SSSR count). The molecule has 1 fully saturated rings. The molecule has 27 heavy (non-hydrogen) atoms. The van der Waals surface area contributed by atoms with Gasteiger partial charge in [-0.15, -0.1) is 0 Å². The van der Waals surface area contributed by atoms with Crippen LogP contribution in [0.5, 0.6) is 0 Å². The molecule has 0 aliphatic carbocycles. The number of hydrogen-bond acceptors (Lipinski definition) is 3. The molecule has 1 aromatic heterocycles. The minimum Gasteiger partial charge on any atom is -0.353 e. The smallest absolute Gasteiger partial charge is 0.321 e. The van der Waals surface area contributed by atoms with Crippen molar-refractivity contribution < 1.29 is 4.79 Å². The van der Waals surface area contributed by atoms with E-state index in [1.807, 2.05) is 30.0 Å². The highest BCUT2D eigenvalue weighted by molar-refractivity contribution is 5.91. The zero-order valence-electron chi connectivity index (χ0n) is 16.8. The summed E-state index contributed by atoms with van der Waals surface area (Å²) in [6.07, 6.45) is 0.906. The van der Waals surface area contributed by atoms with Gasteiger partial charge in [-0.3, -0.25) is 0 Å². The van der Waals surface area contributed by atoms with Crippen LogP contribution in [0, 0.1) is 6.92 Å². The molecule has 1 aliphatic heterocycles. The van der Waals surface area contributed by atoms with E-state index in [4.69, 9.17) is 0 Å². The molecular weight excluding hydrogens is 336 g/mol. The number of benzene rings is 1. The van der Waals surface area contributed by atoms with Gasteiger partial charge >= 0.3 is 6.03 Å². The third-order valence-corrected chi connectivity index (χ3v) is 5.18. The van der Waals surface area contributed by atoms with E-state index in [2.05, 4.69) is 54.2 Å². The standard InChI is InChI=1S/C22H30N4O/c1-5-18-9-7-10-19(16(2)3)21(18)24-22(27)26-14-12-25(13-15-26)20-11-6-8-17(4)23-20/h6-11,16H,5,12-15H2,1-4H3,(H,24,27). The van der Waals surface area contributed by atoms with E-state index in [1.54, 1.807) is 0 Å². The lowest BCUT2D eigenvalue weighted by Gasteiger charge is -2.35. The number of pyridine rings is 1. The summed E-state index contributed by atoms with van der Waals surface area (Å²) in [4.78, 5) is 21.6. The second-order valence-electron chi connectivity index (χ2n) is 7.43. The molecule has 0 bridgehead atoms. The zero-order valence-corrected chi connectivity index (χ0v) is 16.8. The first-order valence-electron chi connectivity index (χ1n) is 9.86. The summed E-state index contributed by atoms with van der Waals surface area (Å²) < 4.78 is 0. The summed E-state index contributed by atoms with van der Waals surface area (Å²) in [5.74, 6) is 1.37. The van der Waals surface area contributed by atoms with Crippen molar-refractivity contribution >= 4 is 17.5 Å². The number of urea groups is 1. The molecule has 0 saturated carbocycles. The molecule has 0 atom stereocenters. The Morgan fingerprint density at radius 3 is 2.44 bits per heavy atom. The van der Waals surface area contributed by atoms with Crippen molar-refractivity contribution in [2.45, 2.75) is 40.0 Å². The molecule has 2 heterocycles. The molecule has 1 saturated heterocycles. The van der Waals surface area contributed by atoms with E-state index < -0.39 is 0 Å². The van der Waals surface area contributed by atoms with E-state index >= 15 is 0 Å². The molecule has 1 aromatic carbocycles. The number of rotatable bonds is 4. The van der Waals surface area contributed by atoms with Crippen LogP contribution in [-0.2, 0) is 6.42 Å². The second kappa shape index (κ2) is 8.42. The Morgan fingerprint density at radius 1 is 1.11 bits per heavy atom. The molecule has 2 aromatic rings. The molecule has 5 heteroatoms. The second-order valence-corrected chi connectivity index (χ2v) is 7.43. The first-order chi connectivity index (χ1) is 13.0. The summed E-state index contributed by atoms with van der Waals surface area (Å²) in [7, 11) is 0. The van der Waals surface area contributed by atoms with Gasteiger partial charge in [0.2, 0.25) is 0 Å². The van der Waals surface area contributed by atoms with Crippen LogP contribution in [0.1, 0.15) is 43.5 Å². The Morgan fingerprint density at radius 2 is 1.81 bits per heavy atom. The van der Waals surface area contributed by atoms with Gasteiger partial charge in [-0.1, -0.05) is 45.0 Å². The predicted molar refractivity (Wildman–Crippen MR) is 112 cm³/mol. The van der Waals surface area contributed by atoms with Gasteiger partial charge in [0.1, 0.15) is 5.82 Å². The average Bonchev–Trinajstić information content (AvgIpc) is 2.68. The lowest BCUT2D eigenvalue weighted by atomic mass is 9.96. The Bertz CT molecular complexity index is 795. The Labute approximate surface area is 162 Å². The quantitative estimate of drug-likeness (QED) is 0.871. The van der Waals surface area contributed by atoms with Crippen molar-refractivity contribution in [1.82, 2.24) is 9.88 Å². The lowest BCUT2D eigenvalue weighted by molar-refractivity contribution is 0.208. The van der Waals surface area contributed by atoms with E-state index in [9.17, 15) is 4.79 Å². The fourth-order valence-electron chi connectivity index (χ4n) is 3.58. The molecular formula is C22H30N4O. The number of carbonyl (C=O) groups excluding carboxylic acids is 1. The van der Waals surface area contributed by atoms with Crippen molar-refractivity contribution in [1.29, 1.82) is 0 Å². The Hall–Kier alpha value is -2.56. The fraction of sp³-hybridized carbons (Fsp3) is 0.455. The summed E-state index contributed by atoms with van der Waals surface area (Å²) in [6, 6.07) is 12.4. The number of anilines is 2. The SMILES string of the molecule is CCc1cccc(C(C)C)c1NC(=O)N1CCN(c2cccc(C)n2)CC1. The monoisotopic (exact) mass is 366 g/mol. The summed E-state index contributed by atoms with van der Waals surface area (Å²) in [5.41, 5.74) is 4.40. The average molecular weight is 367 g/mol. The summed E-state index contributed by atoms with van der Waals surface area (Å²) in [5, 5.41) is 3.20. The minimum atomic E-state index is -0.00495. The molecule has 0 radical (unpaired) electrons. The van der Waals surface area contributed by atoms with Gasteiger partial charge in [-0.2, -0.15) is 0 Å². The number of nitrogens with one attached hydrogen (secondary N) is 1. The first kappa shape index (κ1) is 19.2. The van der Waals surface area contributed by atoms with Gasteiger partial charge in [0.05, 0.1) is 0 Å². The highest BCUT2D eigenvalue weighted by Crippen LogP contribution is 2.28. The van der Waals surface area contributed by atoms with Crippen molar-refractivity contribution in [3.8, 4) is 0 Å². The zero-order chi connectivity index (χ0) is 19.4. The molecule has 144 valence electrons. The van der Waals surface area contributed by atoms with Crippen LogP contribution in [0.2, 0.25) is 0 Å². The van der Waals surface area contributed by atoms with Gasteiger partial charge in [0, 0.05) is 37.6 Å². The number of carbonyl (C=O) groups is 1. The van der Waals surface area contributed by atoms with Gasteiger partial charge in [0.25, 0.3) is 0 Å². The number of amides is 2. The number of nitrogens with zero attached hydrogens (tertiary/aromatic N) is 3. The highest BCUT2D eigenvalue weighted by atomic mass is 16.2. The third kappa shape index (κ3) is 4.41.